The molecule has 2 N–H and O–H groups in total. The van der Waals surface area contributed by atoms with Crippen molar-refractivity contribution in [3.05, 3.63) is 53.8 Å². The normalized spacial score (nSPS) is 11.7. The minimum Gasteiger partial charge on any atom is -0.493 e. The second-order valence-corrected chi connectivity index (χ2v) is 5.79. The molecule has 0 spiro atoms. The van der Waals surface area contributed by atoms with Gasteiger partial charge < -0.3 is 19.7 Å². The molecule has 5 nitrogen and oxygen atoms in total. The van der Waals surface area contributed by atoms with E-state index in [4.69, 9.17) is 9.47 Å². The number of nitrogens with one attached hydrogen (secondary N) is 2. The topological polar surface area (TPSA) is 52.0 Å². The molecule has 0 saturated carbocycles. The summed E-state index contributed by atoms with van der Waals surface area (Å²) in [5.41, 5.74) is 1.50. The molecule has 2 aromatic rings. The van der Waals surface area contributed by atoms with Crippen molar-refractivity contribution >= 4 is 11.6 Å². The van der Waals surface area contributed by atoms with E-state index in [1.807, 2.05) is 32.2 Å². The lowest BCUT2D eigenvalue weighted by Crippen LogP contribution is -3.08. The van der Waals surface area contributed by atoms with Gasteiger partial charge in [0.2, 0.25) is 0 Å². The molecule has 25 heavy (non-hydrogen) atoms. The number of carbonyl (C=O) groups is 1. The Morgan fingerprint density at radius 1 is 1.20 bits per heavy atom. The van der Waals surface area contributed by atoms with Gasteiger partial charge in [-0.15, -0.1) is 0 Å². The third-order valence-electron chi connectivity index (χ3n) is 3.60. The molecule has 6 heteroatoms. The predicted octanol–water partition coefficient (Wildman–Crippen LogP) is 1.89. The zero-order valence-corrected chi connectivity index (χ0v) is 14.8. The summed E-state index contributed by atoms with van der Waals surface area (Å²) in [7, 11) is 3.53. The van der Waals surface area contributed by atoms with Crippen molar-refractivity contribution in [2.45, 2.75) is 13.5 Å². The zero-order chi connectivity index (χ0) is 18.2. The molecule has 0 aliphatic heterocycles. The Kier molecular flexibility index (Phi) is 6.77. The van der Waals surface area contributed by atoms with Gasteiger partial charge in [0.25, 0.3) is 5.91 Å². The van der Waals surface area contributed by atoms with Crippen LogP contribution in [0.25, 0.3) is 0 Å². The van der Waals surface area contributed by atoms with Crippen LogP contribution in [0.2, 0.25) is 0 Å². The monoisotopic (exact) mass is 347 g/mol. The van der Waals surface area contributed by atoms with Crippen molar-refractivity contribution < 1.29 is 23.6 Å². The molecule has 1 amide bonds. The van der Waals surface area contributed by atoms with Crippen molar-refractivity contribution in [3.63, 3.8) is 0 Å². The van der Waals surface area contributed by atoms with Crippen LogP contribution in [-0.4, -0.2) is 33.2 Å². The molecule has 0 aliphatic rings. The number of hydrogen-bond acceptors (Lipinski definition) is 3. The van der Waals surface area contributed by atoms with Crippen molar-refractivity contribution in [1.29, 1.82) is 0 Å². The van der Waals surface area contributed by atoms with Crippen LogP contribution in [0.4, 0.5) is 10.1 Å². The van der Waals surface area contributed by atoms with Crippen LogP contribution >= 0.6 is 0 Å². The number of anilines is 1. The maximum Gasteiger partial charge on any atom is 0.279 e. The summed E-state index contributed by atoms with van der Waals surface area (Å²) in [6, 6.07) is 11.6. The highest BCUT2D eigenvalue weighted by Crippen LogP contribution is 2.27. The molecule has 2 rings (SSSR count). The van der Waals surface area contributed by atoms with E-state index in [1.54, 1.807) is 19.2 Å². The van der Waals surface area contributed by atoms with Gasteiger partial charge >= 0.3 is 0 Å². The largest absolute Gasteiger partial charge is 0.493 e. The van der Waals surface area contributed by atoms with Gasteiger partial charge in [0.1, 0.15) is 12.4 Å². The van der Waals surface area contributed by atoms with Crippen LogP contribution in [0.15, 0.2) is 42.5 Å². The van der Waals surface area contributed by atoms with Crippen molar-refractivity contribution in [1.82, 2.24) is 0 Å². The van der Waals surface area contributed by atoms with Crippen molar-refractivity contribution in [2.75, 3.05) is 32.6 Å². The molecule has 0 saturated heterocycles. The highest BCUT2D eigenvalue weighted by atomic mass is 19.1. The van der Waals surface area contributed by atoms with Gasteiger partial charge in [0, 0.05) is 11.3 Å². The molecule has 0 radical (unpaired) electrons. The second-order valence-electron chi connectivity index (χ2n) is 5.79. The van der Waals surface area contributed by atoms with Crippen LogP contribution in [0.5, 0.6) is 11.5 Å². The molecule has 2 aromatic carbocycles. The number of amides is 1. The van der Waals surface area contributed by atoms with Crippen LogP contribution in [0, 0.1) is 5.82 Å². The Morgan fingerprint density at radius 2 is 2.00 bits per heavy atom. The summed E-state index contributed by atoms with van der Waals surface area (Å²) in [6.07, 6.45) is 0. The van der Waals surface area contributed by atoms with Gasteiger partial charge in [0.05, 0.1) is 20.8 Å². The van der Waals surface area contributed by atoms with Crippen LogP contribution in [0.3, 0.4) is 0 Å². The van der Waals surface area contributed by atoms with Gasteiger partial charge in [-0.25, -0.2) is 4.39 Å². The molecular formula is C19H24FN2O3+. The lowest BCUT2D eigenvalue weighted by Gasteiger charge is -2.15. The third kappa shape index (κ3) is 5.76. The highest BCUT2D eigenvalue weighted by molar-refractivity contribution is 5.91. The molecule has 1 atom stereocenters. The summed E-state index contributed by atoms with van der Waals surface area (Å²) in [6.45, 7) is 3.41. The number of halogens is 1. The van der Waals surface area contributed by atoms with Crippen LogP contribution in [0.1, 0.15) is 12.5 Å². The van der Waals surface area contributed by atoms with E-state index in [2.05, 4.69) is 5.32 Å². The lowest BCUT2D eigenvalue weighted by atomic mass is 10.2. The maximum absolute atomic E-state index is 13.1. The maximum atomic E-state index is 13.1. The summed E-state index contributed by atoms with van der Waals surface area (Å²) in [5, 5.41) is 2.70. The van der Waals surface area contributed by atoms with Gasteiger partial charge in [-0.3, -0.25) is 4.79 Å². The lowest BCUT2D eigenvalue weighted by molar-refractivity contribution is -0.885. The first-order valence-electron chi connectivity index (χ1n) is 8.18. The number of benzene rings is 2. The van der Waals surface area contributed by atoms with Crippen molar-refractivity contribution in [3.8, 4) is 11.5 Å². The van der Waals surface area contributed by atoms with E-state index in [0.717, 1.165) is 10.5 Å². The number of rotatable bonds is 8. The Bertz CT molecular complexity index is 722. The molecule has 134 valence electrons. The first-order chi connectivity index (χ1) is 12.0. The van der Waals surface area contributed by atoms with Gasteiger partial charge in [-0.2, -0.15) is 0 Å². The van der Waals surface area contributed by atoms with E-state index in [9.17, 15) is 9.18 Å². The number of quaternary nitrogens is 1. The molecule has 1 unspecified atom stereocenters. The van der Waals surface area contributed by atoms with Gasteiger partial charge in [0.15, 0.2) is 18.0 Å². The average molecular weight is 347 g/mol. The van der Waals surface area contributed by atoms with Crippen molar-refractivity contribution in [2.24, 2.45) is 0 Å². The zero-order valence-electron chi connectivity index (χ0n) is 14.8. The Balaban J connectivity index is 1.93. The predicted molar refractivity (Wildman–Crippen MR) is 94.7 cm³/mol. The Morgan fingerprint density at radius 3 is 2.68 bits per heavy atom. The first kappa shape index (κ1) is 18.7. The quantitative estimate of drug-likeness (QED) is 0.767. The van der Waals surface area contributed by atoms with E-state index >= 15 is 0 Å². The van der Waals surface area contributed by atoms with E-state index in [0.29, 0.717) is 30.3 Å². The van der Waals surface area contributed by atoms with Gasteiger partial charge in [-0.05, 0) is 43.3 Å². The Hall–Kier alpha value is -2.60. The van der Waals surface area contributed by atoms with E-state index < -0.39 is 0 Å². The summed E-state index contributed by atoms with van der Waals surface area (Å²) in [4.78, 5) is 13.1. The molecule has 0 aliphatic carbocycles. The highest BCUT2D eigenvalue weighted by Gasteiger charge is 2.13. The Labute approximate surface area is 147 Å². The SMILES string of the molecule is CCOc1ccc(C[NH+](C)CC(=O)Nc2cccc(F)c2)cc1OC. The fraction of sp³-hybridized carbons (Fsp3) is 0.316. The number of likely N-dealkylation sites (N-methyl/N-ethyl adjacent to an activating group) is 1. The molecular weight excluding hydrogens is 323 g/mol. The smallest absolute Gasteiger partial charge is 0.279 e. The van der Waals surface area contributed by atoms with Crippen LogP contribution in [-0.2, 0) is 11.3 Å². The molecule has 0 bridgehead atoms. The summed E-state index contributed by atoms with van der Waals surface area (Å²) < 4.78 is 24.0. The number of ether oxygens (including phenoxy) is 2. The minimum atomic E-state index is -0.375. The standard InChI is InChI=1S/C19H23FN2O3/c1-4-25-17-9-8-14(10-18(17)24-3)12-22(2)13-19(23)21-16-7-5-6-15(20)11-16/h5-11H,4,12-13H2,1-3H3,(H,21,23)/p+1. The minimum absolute atomic E-state index is 0.166. The van der Waals surface area contributed by atoms with Gasteiger partial charge in [-0.1, -0.05) is 6.07 Å². The number of hydrogen-bond donors (Lipinski definition) is 2. The third-order valence-corrected chi connectivity index (χ3v) is 3.60. The molecule has 0 heterocycles. The second kappa shape index (κ2) is 9.03. The molecule has 0 aromatic heterocycles. The fourth-order valence-corrected chi connectivity index (χ4v) is 2.55. The first-order valence-corrected chi connectivity index (χ1v) is 8.18. The molecule has 0 fully saturated rings. The fourth-order valence-electron chi connectivity index (χ4n) is 2.55. The summed E-state index contributed by atoms with van der Waals surface area (Å²) >= 11 is 0. The number of carbonyl (C=O) groups excluding carboxylic acids is 1. The van der Waals surface area contributed by atoms with Crippen LogP contribution < -0.4 is 19.7 Å². The summed E-state index contributed by atoms with van der Waals surface area (Å²) in [5.74, 6) is 0.840. The van der Waals surface area contributed by atoms with E-state index in [-0.39, 0.29) is 18.3 Å². The number of methoxy groups -OCH3 is 1. The van der Waals surface area contributed by atoms with E-state index in [1.165, 1.54) is 12.1 Å². The average Bonchev–Trinajstić information content (AvgIpc) is 2.56.